The third-order valence-corrected chi connectivity index (χ3v) is 3.38. The molecule has 0 N–H and O–H groups in total. The van der Waals surface area contributed by atoms with E-state index in [0.29, 0.717) is 25.6 Å². The van der Waals surface area contributed by atoms with Crippen LogP contribution in [0.5, 0.6) is 0 Å². The van der Waals surface area contributed by atoms with Crippen molar-refractivity contribution in [2.75, 3.05) is 25.6 Å². The minimum Gasteiger partial charge on any atom is -0.377 e. The summed E-state index contributed by atoms with van der Waals surface area (Å²) in [6.07, 6.45) is 0. The molecule has 5 heteroatoms. The Kier molecular flexibility index (Phi) is 4.19. The van der Waals surface area contributed by atoms with Crippen LogP contribution in [0.3, 0.4) is 0 Å². The van der Waals surface area contributed by atoms with Crippen LogP contribution in [-0.2, 0) is 4.74 Å². The fraction of sp³-hybridized carbons (Fsp3) is 0.462. The summed E-state index contributed by atoms with van der Waals surface area (Å²) < 4.78 is 19.0. The summed E-state index contributed by atoms with van der Waals surface area (Å²) in [5.41, 5.74) is 0.887. The molecule has 1 amide bonds. The Hall–Kier alpha value is -1.13. The SMILES string of the molecule is Cc1ccc(C(=O)N2CCOCC2CCl)c(F)c1. The maximum Gasteiger partial charge on any atom is 0.257 e. The fourth-order valence-corrected chi connectivity index (χ4v) is 2.25. The molecule has 1 atom stereocenters. The topological polar surface area (TPSA) is 29.5 Å². The van der Waals surface area contributed by atoms with Gasteiger partial charge in [-0.3, -0.25) is 4.79 Å². The van der Waals surface area contributed by atoms with Gasteiger partial charge in [0.15, 0.2) is 0 Å². The van der Waals surface area contributed by atoms with Crippen molar-refractivity contribution in [3.05, 3.63) is 35.1 Å². The highest BCUT2D eigenvalue weighted by atomic mass is 35.5. The van der Waals surface area contributed by atoms with Crippen LogP contribution < -0.4 is 0 Å². The molecule has 1 heterocycles. The molecule has 0 saturated carbocycles. The van der Waals surface area contributed by atoms with Crippen LogP contribution in [0.4, 0.5) is 4.39 Å². The van der Waals surface area contributed by atoms with Crippen molar-refractivity contribution in [2.24, 2.45) is 0 Å². The molecule has 0 bridgehead atoms. The largest absolute Gasteiger partial charge is 0.377 e. The molecule has 0 aliphatic carbocycles. The van der Waals surface area contributed by atoms with Gasteiger partial charge in [-0.05, 0) is 24.6 Å². The molecule has 0 spiro atoms. The van der Waals surface area contributed by atoms with Gasteiger partial charge in [0.1, 0.15) is 5.82 Å². The minimum absolute atomic E-state index is 0.0950. The van der Waals surface area contributed by atoms with E-state index >= 15 is 0 Å². The molecule has 1 saturated heterocycles. The summed E-state index contributed by atoms with van der Waals surface area (Å²) in [4.78, 5) is 13.9. The van der Waals surface area contributed by atoms with E-state index in [1.807, 2.05) is 0 Å². The van der Waals surface area contributed by atoms with E-state index in [2.05, 4.69) is 0 Å². The summed E-state index contributed by atoms with van der Waals surface area (Å²) in [6, 6.07) is 4.43. The van der Waals surface area contributed by atoms with Gasteiger partial charge in [-0.25, -0.2) is 4.39 Å². The van der Waals surface area contributed by atoms with Crippen LogP contribution in [0.15, 0.2) is 18.2 Å². The maximum atomic E-state index is 13.8. The lowest BCUT2D eigenvalue weighted by Crippen LogP contribution is -2.49. The Labute approximate surface area is 110 Å². The molecule has 1 aliphatic rings. The monoisotopic (exact) mass is 271 g/mol. The number of rotatable bonds is 2. The van der Waals surface area contributed by atoms with E-state index in [1.54, 1.807) is 17.9 Å². The van der Waals surface area contributed by atoms with Gasteiger partial charge in [-0.15, -0.1) is 11.6 Å². The summed E-state index contributed by atoms with van der Waals surface area (Å²) in [6.45, 7) is 3.10. The minimum atomic E-state index is -0.486. The number of benzene rings is 1. The number of amides is 1. The van der Waals surface area contributed by atoms with E-state index in [1.165, 1.54) is 12.1 Å². The molecule has 1 aliphatic heterocycles. The van der Waals surface area contributed by atoms with Crippen molar-refractivity contribution in [2.45, 2.75) is 13.0 Å². The van der Waals surface area contributed by atoms with Crippen molar-refractivity contribution >= 4 is 17.5 Å². The average Bonchev–Trinajstić information content (AvgIpc) is 2.38. The predicted octanol–water partition coefficient (Wildman–Crippen LogP) is 2.21. The van der Waals surface area contributed by atoms with Crippen LogP contribution in [-0.4, -0.2) is 42.5 Å². The Morgan fingerprint density at radius 2 is 2.39 bits per heavy atom. The van der Waals surface area contributed by atoms with Crippen molar-refractivity contribution in [1.82, 2.24) is 4.90 Å². The highest BCUT2D eigenvalue weighted by Gasteiger charge is 2.28. The van der Waals surface area contributed by atoms with Crippen molar-refractivity contribution in [1.29, 1.82) is 0 Å². The molecular weight excluding hydrogens is 257 g/mol. The smallest absolute Gasteiger partial charge is 0.257 e. The summed E-state index contributed by atoms with van der Waals surface area (Å²) in [5, 5.41) is 0. The van der Waals surface area contributed by atoms with Gasteiger partial charge >= 0.3 is 0 Å². The van der Waals surface area contributed by atoms with Crippen LogP contribution in [0.2, 0.25) is 0 Å². The molecule has 1 aromatic carbocycles. The molecule has 0 aromatic heterocycles. The lowest BCUT2D eigenvalue weighted by Gasteiger charge is -2.34. The highest BCUT2D eigenvalue weighted by molar-refractivity contribution is 6.18. The molecule has 1 aromatic rings. The van der Waals surface area contributed by atoms with Gasteiger partial charge in [0, 0.05) is 12.4 Å². The zero-order valence-electron chi connectivity index (χ0n) is 10.2. The number of carbonyl (C=O) groups is 1. The number of alkyl halides is 1. The van der Waals surface area contributed by atoms with Crippen molar-refractivity contribution < 1.29 is 13.9 Å². The highest BCUT2D eigenvalue weighted by Crippen LogP contribution is 2.17. The zero-order chi connectivity index (χ0) is 13.1. The van der Waals surface area contributed by atoms with Crippen LogP contribution >= 0.6 is 11.6 Å². The fourth-order valence-electron chi connectivity index (χ4n) is 2.00. The number of carbonyl (C=O) groups excluding carboxylic acids is 1. The maximum absolute atomic E-state index is 13.8. The van der Waals surface area contributed by atoms with Crippen LogP contribution in [0.1, 0.15) is 15.9 Å². The van der Waals surface area contributed by atoms with Gasteiger partial charge < -0.3 is 9.64 Å². The number of hydrogen-bond acceptors (Lipinski definition) is 2. The van der Waals surface area contributed by atoms with E-state index in [-0.39, 0.29) is 17.5 Å². The quantitative estimate of drug-likeness (QED) is 0.772. The third-order valence-electron chi connectivity index (χ3n) is 3.02. The third kappa shape index (κ3) is 2.65. The first-order valence-corrected chi connectivity index (χ1v) is 6.37. The Balaban J connectivity index is 2.24. The summed E-state index contributed by atoms with van der Waals surface area (Å²) >= 11 is 5.80. The number of ether oxygens (including phenoxy) is 1. The Morgan fingerprint density at radius 1 is 1.61 bits per heavy atom. The number of aryl methyl sites for hydroxylation is 1. The Morgan fingerprint density at radius 3 is 3.06 bits per heavy atom. The second-order valence-corrected chi connectivity index (χ2v) is 4.67. The number of hydrogen-bond donors (Lipinski definition) is 0. The lowest BCUT2D eigenvalue weighted by atomic mass is 10.1. The molecule has 98 valence electrons. The zero-order valence-corrected chi connectivity index (χ0v) is 10.9. The van der Waals surface area contributed by atoms with Gasteiger partial charge in [0.2, 0.25) is 0 Å². The number of nitrogens with zero attached hydrogens (tertiary/aromatic N) is 1. The van der Waals surface area contributed by atoms with Crippen molar-refractivity contribution in [3.63, 3.8) is 0 Å². The van der Waals surface area contributed by atoms with Crippen LogP contribution in [0, 0.1) is 12.7 Å². The Bertz CT molecular complexity index is 453. The van der Waals surface area contributed by atoms with Crippen LogP contribution in [0.25, 0.3) is 0 Å². The average molecular weight is 272 g/mol. The van der Waals surface area contributed by atoms with E-state index in [0.717, 1.165) is 5.56 Å². The van der Waals surface area contributed by atoms with Gasteiger partial charge in [0.05, 0.1) is 24.8 Å². The molecule has 1 unspecified atom stereocenters. The molecule has 18 heavy (non-hydrogen) atoms. The first-order chi connectivity index (χ1) is 8.63. The van der Waals surface area contributed by atoms with E-state index in [9.17, 15) is 9.18 Å². The second-order valence-electron chi connectivity index (χ2n) is 4.36. The first kappa shape index (κ1) is 13.3. The molecular formula is C13H15ClFNO2. The van der Waals surface area contributed by atoms with Gasteiger partial charge in [0.25, 0.3) is 5.91 Å². The summed E-state index contributed by atoms with van der Waals surface area (Å²) in [5.74, 6) is -0.513. The number of halogens is 2. The molecule has 1 fully saturated rings. The predicted molar refractivity (Wildman–Crippen MR) is 67.5 cm³/mol. The van der Waals surface area contributed by atoms with Gasteiger partial charge in [-0.1, -0.05) is 6.07 Å². The molecule has 0 radical (unpaired) electrons. The lowest BCUT2D eigenvalue weighted by molar-refractivity contribution is 0.00431. The second kappa shape index (κ2) is 5.67. The van der Waals surface area contributed by atoms with Gasteiger partial charge in [-0.2, -0.15) is 0 Å². The van der Waals surface area contributed by atoms with E-state index in [4.69, 9.17) is 16.3 Å². The van der Waals surface area contributed by atoms with Crippen molar-refractivity contribution in [3.8, 4) is 0 Å². The number of morpholine rings is 1. The first-order valence-electron chi connectivity index (χ1n) is 5.84. The normalized spacial score (nSPS) is 19.9. The standard InChI is InChI=1S/C13H15ClFNO2/c1-9-2-3-11(12(15)6-9)13(17)16-4-5-18-8-10(16)7-14/h2-3,6,10H,4-5,7-8H2,1H3. The summed E-state index contributed by atoms with van der Waals surface area (Å²) in [7, 11) is 0. The van der Waals surface area contributed by atoms with E-state index < -0.39 is 5.82 Å². The molecule has 3 nitrogen and oxygen atoms in total. The molecule has 2 rings (SSSR count).